The van der Waals surface area contributed by atoms with Crippen molar-refractivity contribution in [2.45, 2.75) is 71.1 Å². The van der Waals surface area contributed by atoms with Crippen molar-refractivity contribution in [2.24, 2.45) is 0 Å². The Morgan fingerprint density at radius 3 is 2.56 bits per heavy atom. The second-order valence-electron chi connectivity index (χ2n) is 5.36. The highest BCUT2D eigenvalue weighted by Crippen LogP contribution is 2.32. The fourth-order valence-electron chi connectivity index (χ4n) is 2.31. The molecule has 1 rings (SSSR count). The minimum Gasteiger partial charge on any atom is -0.338 e. The van der Waals surface area contributed by atoms with Crippen molar-refractivity contribution in [1.29, 1.82) is 0 Å². The van der Waals surface area contributed by atoms with Crippen molar-refractivity contribution in [3.05, 3.63) is 17.7 Å². The molecule has 18 heavy (non-hydrogen) atoms. The molecule has 1 N–H and O–H groups in total. The maximum atomic E-state index is 5.36. The molecule has 0 amide bonds. The van der Waals surface area contributed by atoms with Crippen molar-refractivity contribution in [3.8, 4) is 12.3 Å². The van der Waals surface area contributed by atoms with Crippen LogP contribution in [0.5, 0.6) is 0 Å². The van der Waals surface area contributed by atoms with E-state index in [0.29, 0.717) is 5.82 Å². The van der Waals surface area contributed by atoms with Crippen LogP contribution in [0.3, 0.4) is 0 Å². The monoisotopic (exact) mass is 246 g/mol. The molecule has 0 saturated carbocycles. The number of aromatic nitrogens is 2. The first-order chi connectivity index (χ1) is 8.66. The number of terminal acetylenes is 1. The summed E-state index contributed by atoms with van der Waals surface area (Å²) >= 11 is 0. The predicted molar refractivity (Wildman–Crippen MR) is 77.5 cm³/mol. The van der Waals surface area contributed by atoms with Gasteiger partial charge in [0.1, 0.15) is 0 Å². The first-order valence-electron chi connectivity index (χ1n) is 7.18. The SMILES string of the molecule is C#Cc1nc(C(C)(CC)CCCCCCC)c[nH]1. The number of nitrogens with one attached hydrogen (secondary N) is 1. The van der Waals surface area contributed by atoms with E-state index in [9.17, 15) is 0 Å². The summed E-state index contributed by atoms with van der Waals surface area (Å²) in [7, 11) is 0. The Labute approximate surface area is 112 Å². The predicted octanol–water partition coefficient (Wildman–Crippen LogP) is 4.42. The minimum absolute atomic E-state index is 0.164. The van der Waals surface area contributed by atoms with Crippen LogP contribution in [0.15, 0.2) is 6.20 Å². The van der Waals surface area contributed by atoms with Gasteiger partial charge in [0.25, 0.3) is 0 Å². The topological polar surface area (TPSA) is 28.7 Å². The summed E-state index contributed by atoms with van der Waals surface area (Å²) in [6, 6.07) is 0. The summed E-state index contributed by atoms with van der Waals surface area (Å²) in [5.41, 5.74) is 1.28. The first-order valence-corrected chi connectivity index (χ1v) is 7.18. The second kappa shape index (κ2) is 7.26. The zero-order valence-corrected chi connectivity index (χ0v) is 12.1. The molecule has 1 unspecified atom stereocenters. The summed E-state index contributed by atoms with van der Waals surface area (Å²) in [6.45, 7) is 6.78. The molecule has 1 atom stereocenters. The van der Waals surface area contributed by atoms with Gasteiger partial charge in [-0.15, -0.1) is 6.42 Å². The van der Waals surface area contributed by atoms with E-state index in [1.54, 1.807) is 0 Å². The molecule has 0 aliphatic heterocycles. The van der Waals surface area contributed by atoms with E-state index < -0.39 is 0 Å². The number of unbranched alkanes of at least 4 members (excludes halogenated alkanes) is 4. The Kier molecular flexibility index (Phi) is 5.98. The van der Waals surface area contributed by atoms with Gasteiger partial charge in [0.2, 0.25) is 0 Å². The van der Waals surface area contributed by atoms with Crippen LogP contribution < -0.4 is 0 Å². The first kappa shape index (κ1) is 14.8. The van der Waals surface area contributed by atoms with E-state index in [1.165, 1.54) is 38.5 Å². The highest BCUT2D eigenvalue weighted by Gasteiger charge is 2.26. The average Bonchev–Trinajstić information content (AvgIpc) is 2.87. The number of H-pyrrole nitrogens is 1. The van der Waals surface area contributed by atoms with Crippen LogP contribution in [-0.2, 0) is 5.41 Å². The molecule has 1 heterocycles. The Morgan fingerprint density at radius 2 is 2.00 bits per heavy atom. The molecular weight excluding hydrogens is 220 g/mol. The van der Waals surface area contributed by atoms with Crippen LogP contribution in [-0.4, -0.2) is 9.97 Å². The summed E-state index contributed by atoms with van der Waals surface area (Å²) in [5, 5.41) is 0. The molecule has 0 fully saturated rings. The third kappa shape index (κ3) is 3.91. The molecule has 0 aliphatic rings. The van der Waals surface area contributed by atoms with Crippen molar-refractivity contribution in [3.63, 3.8) is 0 Å². The molecule has 0 bridgehead atoms. The van der Waals surface area contributed by atoms with Gasteiger partial charge in [-0.25, -0.2) is 4.98 Å². The maximum absolute atomic E-state index is 5.36. The van der Waals surface area contributed by atoms with E-state index in [0.717, 1.165) is 12.1 Å². The largest absolute Gasteiger partial charge is 0.338 e. The fraction of sp³-hybridized carbons (Fsp3) is 0.688. The Morgan fingerprint density at radius 1 is 1.28 bits per heavy atom. The van der Waals surface area contributed by atoms with Gasteiger partial charge in [0.05, 0.1) is 5.69 Å². The summed E-state index contributed by atoms with van der Waals surface area (Å²) in [5.74, 6) is 3.21. The lowest BCUT2D eigenvalue weighted by atomic mass is 9.79. The number of imidazole rings is 1. The van der Waals surface area contributed by atoms with Crippen molar-refractivity contribution < 1.29 is 0 Å². The van der Waals surface area contributed by atoms with Crippen LogP contribution in [0.2, 0.25) is 0 Å². The van der Waals surface area contributed by atoms with E-state index in [1.807, 2.05) is 6.20 Å². The van der Waals surface area contributed by atoms with Crippen LogP contribution in [0.4, 0.5) is 0 Å². The highest BCUT2D eigenvalue weighted by atomic mass is 14.9. The van der Waals surface area contributed by atoms with Gasteiger partial charge in [-0.3, -0.25) is 0 Å². The lowest BCUT2D eigenvalue weighted by Gasteiger charge is -2.26. The molecule has 1 aromatic heterocycles. The molecule has 0 aliphatic carbocycles. The Bertz CT molecular complexity index is 386. The molecule has 0 radical (unpaired) electrons. The van der Waals surface area contributed by atoms with E-state index in [2.05, 4.69) is 36.7 Å². The van der Waals surface area contributed by atoms with Gasteiger partial charge in [-0.05, 0) is 18.8 Å². The smallest absolute Gasteiger partial charge is 0.182 e. The summed E-state index contributed by atoms with van der Waals surface area (Å²) < 4.78 is 0. The lowest BCUT2D eigenvalue weighted by Crippen LogP contribution is -2.21. The number of hydrogen-bond donors (Lipinski definition) is 1. The van der Waals surface area contributed by atoms with Crippen LogP contribution in [0, 0.1) is 12.3 Å². The van der Waals surface area contributed by atoms with E-state index in [-0.39, 0.29) is 5.41 Å². The minimum atomic E-state index is 0.164. The van der Waals surface area contributed by atoms with Crippen LogP contribution >= 0.6 is 0 Å². The highest BCUT2D eigenvalue weighted by molar-refractivity contribution is 5.22. The van der Waals surface area contributed by atoms with Gasteiger partial charge in [-0.1, -0.05) is 52.9 Å². The molecule has 2 heteroatoms. The van der Waals surface area contributed by atoms with Gasteiger partial charge in [0, 0.05) is 11.6 Å². The number of nitrogens with zero attached hydrogens (tertiary/aromatic N) is 1. The summed E-state index contributed by atoms with van der Waals surface area (Å²) in [4.78, 5) is 7.55. The fourth-order valence-corrected chi connectivity index (χ4v) is 2.31. The Balaban J connectivity index is 2.54. The zero-order valence-electron chi connectivity index (χ0n) is 12.1. The molecular formula is C16H26N2. The molecule has 2 nitrogen and oxygen atoms in total. The maximum Gasteiger partial charge on any atom is 0.182 e. The molecule has 100 valence electrons. The normalized spacial score (nSPS) is 14.1. The molecule has 0 saturated heterocycles. The number of aromatic amines is 1. The molecule has 0 spiro atoms. The quantitative estimate of drug-likeness (QED) is 0.534. The van der Waals surface area contributed by atoms with E-state index in [4.69, 9.17) is 6.42 Å². The lowest BCUT2D eigenvalue weighted by molar-refractivity contribution is 0.386. The van der Waals surface area contributed by atoms with Crippen LogP contribution in [0.1, 0.15) is 77.2 Å². The average molecular weight is 246 g/mol. The van der Waals surface area contributed by atoms with Gasteiger partial charge >= 0.3 is 0 Å². The van der Waals surface area contributed by atoms with Crippen molar-refractivity contribution in [1.82, 2.24) is 9.97 Å². The Hall–Kier alpha value is -1.23. The van der Waals surface area contributed by atoms with E-state index >= 15 is 0 Å². The van der Waals surface area contributed by atoms with Crippen LogP contribution in [0.25, 0.3) is 0 Å². The third-order valence-electron chi connectivity index (χ3n) is 3.95. The molecule has 1 aromatic rings. The number of hydrogen-bond acceptors (Lipinski definition) is 1. The van der Waals surface area contributed by atoms with Crippen molar-refractivity contribution in [2.75, 3.05) is 0 Å². The van der Waals surface area contributed by atoms with Gasteiger partial charge in [0.15, 0.2) is 5.82 Å². The number of rotatable bonds is 8. The summed E-state index contributed by atoms with van der Waals surface area (Å²) in [6.07, 6.45) is 16.3. The third-order valence-corrected chi connectivity index (χ3v) is 3.95. The van der Waals surface area contributed by atoms with Crippen molar-refractivity contribution >= 4 is 0 Å². The standard InChI is InChI=1S/C16H26N2/c1-5-8-9-10-11-12-16(4,7-3)14-13-17-15(6-2)18-14/h2,13H,5,7-12H2,1,3-4H3,(H,17,18). The van der Waals surface area contributed by atoms with Gasteiger partial charge in [-0.2, -0.15) is 0 Å². The zero-order chi connectivity index (χ0) is 13.4. The van der Waals surface area contributed by atoms with Gasteiger partial charge < -0.3 is 4.98 Å². The molecule has 0 aromatic carbocycles. The second-order valence-corrected chi connectivity index (χ2v) is 5.36.